The monoisotopic (exact) mass is 366 g/mol. The molecule has 2 aromatic carbocycles. The third kappa shape index (κ3) is 3.44. The number of sulfonamides is 1. The Kier molecular flexibility index (Phi) is 4.33. The molecule has 0 bridgehead atoms. The molecule has 4 nitrogen and oxygen atoms in total. The van der Waals surface area contributed by atoms with Gasteiger partial charge in [0.25, 0.3) is 10.0 Å². The van der Waals surface area contributed by atoms with Crippen LogP contribution >= 0.6 is 11.3 Å². The zero-order chi connectivity index (χ0) is 17.3. The van der Waals surface area contributed by atoms with Crippen LogP contribution < -0.4 is 4.72 Å². The maximum absolute atomic E-state index is 13.7. The van der Waals surface area contributed by atoms with Crippen molar-refractivity contribution in [1.29, 1.82) is 0 Å². The van der Waals surface area contributed by atoms with Crippen molar-refractivity contribution in [2.24, 2.45) is 0 Å². The maximum atomic E-state index is 13.7. The lowest BCUT2D eigenvalue weighted by Crippen LogP contribution is -2.14. The minimum absolute atomic E-state index is 0.266. The molecule has 0 spiro atoms. The topological polar surface area (TPSA) is 59.1 Å². The number of nitrogens with zero attached hydrogens (tertiary/aromatic N) is 1. The maximum Gasteiger partial charge on any atom is 0.264 e. The number of aromatic nitrogens is 1. The summed E-state index contributed by atoms with van der Waals surface area (Å²) >= 11 is 1.48. The van der Waals surface area contributed by atoms with Gasteiger partial charge in [-0.15, -0.1) is 11.3 Å². The molecule has 124 valence electrons. The fourth-order valence-corrected chi connectivity index (χ4v) is 3.87. The fourth-order valence-electron chi connectivity index (χ4n) is 2.14. The zero-order valence-corrected chi connectivity index (χ0v) is 14.1. The standard InChI is InChI=1S/C16H12F2N2O2S2/c1-10-19-15(9-23-10)11-3-2-4-13(7-11)20-24(21,22)16-6-5-12(17)8-14(16)18/h2-9,20H,1H3. The molecule has 0 saturated heterocycles. The number of thiazole rings is 1. The fraction of sp³-hybridized carbons (Fsp3) is 0.0625. The number of aryl methyl sites for hydroxylation is 1. The summed E-state index contributed by atoms with van der Waals surface area (Å²) in [4.78, 5) is 3.73. The molecule has 0 atom stereocenters. The highest BCUT2D eigenvalue weighted by Crippen LogP contribution is 2.26. The molecule has 0 amide bonds. The van der Waals surface area contributed by atoms with Gasteiger partial charge >= 0.3 is 0 Å². The molecule has 0 saturated carbocycles. The first-order valence-electron chi connectivity index (χ1n) is 6.85. The Balaban J connectivity index is 1.93. The van der Waals surface area contributed by atoms with E-state index < -0.39 is 26.6 Å². The summed E-state index contributed by atoms with van der Waals surface area (Å²) in [7, 11) is -4.16. The highest BCUT2D eigenvalue weighted by atomic mass is 32.2. The molecular formula is C16H12F2N2O2S2. The molecule has 0 fully saturated rings. The van der Waals surface area contributed by atoms with Crippen molar-refractivity contribution in [3.63, 3.8) is 0 Å². The van der Waals surface area contributed by atoms with Gasteiger partial charge in [-0.25, -0.2) is 22.2 Å². The number of nitrogens with one attached hydrogen (secondary N) is 1. The zero-order valence-electron chi connectivity index (χ0n) is 12.5. The average molecular weight is 366 g/mol. The van der Waals surface area contributed by atoms with Crippen LogP contribution in [-0.4, -0.2) is 13.4 Å². The second-order valence-electron chi connectivity index (χ2n) is 5.01. The van der Waals surface area contributed by atoms with E-state index in [0.29, 0.717) is 6.07 Å². The summed E-state index contributed by atoms with van der Waals surface area (Å²) in [5, 5.41) is 2.76. The summed E-state index contributed by atoms with van der Waals surface area (Å²) in [6.45, 7) is 1.87. The Morgan fingerprint density at radius 2 is 1.92 bits per heavy atom. The lowest BCUT2D eigenvalue weighted by molar-refractivity contribution is 0.551. The van der Waals surface area contributed by atoms with E-state index in [1.54, 1.807) is 24.3 Å². The minimum atomic E-state index is -4.16. The van der Waals surface area contributed by atoms with Crippen LogP contribution in [0.5, 0.6) is 0 Å². The molecule has 0 aliphatic rings. The van der Waals surface area contributed by atoms with E-state index >= 15 is 0 Å². The molecule has 1 heterocycles. The molecule has 0 aliphatic carbocycles. The highest BCUT2D eigenvalue weighted by Gasteiger charge is 2.20. The molecule has 0 radical (unpaired) electrons. The van der Waals surface area contributed by atoms with E-state index in [9.17, 15) is 17.2 Å². The van der Waals surface area contributed by atoms with Crippen molar-refractivity contribution in [1.82, 2.24) is 4.98 Å². The quantitative estimate of drug-likeness (QED) is 0.753. The second kappa shape index (κ2) is 6.29. The van der Waals surface area contributed by atoms with Gasteiger partial charge in [-0.2, -0.15) is 0 Å². The van der Waals surface area contributed by atoms with E-state index in [2.05, 4.69) is 9.71 Å². The number of hydrogen-bond acceptors (Lipinski definition) is 4. The summed E-state index contributed by atoms with van der Waals surface area (Å²) < 4.78 is 53.6. The molecule has 1 N–H and O–H groups in total. The molecular weight excluding hydrogens is 354 g/mol. The van der Waals surface area contributed by atoms with Gasteiger partial charge in [0.2, 0.25) is 0 Å². The van der Waals surface area contributed by atoms with Gasteiger partial charge in [-0.05, 0) is 31.2 Å². The molecule has 0 aliphatic heterocycles. The third-order valence-electron chi connectivity index (χ3n) is 3.21. The Morgan fingerprint density at radius 3 is 2.58 bits per heavy atom. The van der Waals surface area contributed by atoms with Crippen LogP contribution in [0, 0.1) is 18.6 Å². The molecule has 8 heteroatoms. The van der Waals surface area contributed by atoms with Gasteiger partial charge in [0.1, 0.15) is 16.5 Å². The van der Waals surface area contributed by atoms with Crippen molar-refractivity contribution in [3.05, 3.63) is 64.5 Å². The number of benzene rings is 2. The van der Waals surface area contributed by atoms with Crippen molar-refractivity contribution in [2.45, 2.75) is 11.8 Å². The summed E-state index contributed by atoms with van der Waals surface area (Å²) in [6, 6.07) is 8.93. The van der Waals surface area contributed by atoms with Crippen LogP contribution in [0.25, 0.3) is 11.3 Å². The molecule has 24 heavy (non-hydrogen) atoms. The lowest BCUT2D eigenvalue weighted by Gasteiger charge is -2.10. The summed E-state index contributed by atoms with van der Waals surface area (Å²) in [5.74, 6) is -1.99. The minimum Gasteiger partial charge on any atom is -0.280 e. The number of anilines is 1. The van der Waals surface area contributed by atoms with Gasteiger partial charge < -0.3 is 0 Å². The lowest BCUT2D eigenvalue weighted by atomic mass is 10.1. The van der Waals surface area contributed by atoms with Crippen molar-refractivity contribution in [2.75, 3.05) is 4.72 Å². The number of halogens is 2. The SMILES string of the molecule is Cc1nc(-c2cccc(NS(=O)(=O)c3ccc(F)cc3F)c2)cs1. The second-order valence-corrected chi connectivity index (χ2v) is 7.73. The van der Waals surface area contributed by atoms with E-state index in [4.69, 9.17) is 0 Å². The van der Waals surface area contributed by atoms with Gasteiger partial charge in [0.15, 0.2) is 0 Å². The first-order valence-corrected chi connectivity index (χ1v) is 9.22. The third-order valence-corrected chi connectivity index (χ3v) is 5.40. The number of rotatable bonds is 4. The molecule has 1 aromatic heterocycles. The average Bonchev–Trinajstić information content (AvgIpc) is 2.93. The predicted octanol–water partition coefficient (Wildman–Crippen LogP) is 4.20. The van der Waals surface area contributed by atoms with Crippen LogP contribution in [0.2, 0.25) is 0 Å². The Labute approximate surface area is 141 Å². The summed E-state index contributed by atoms with van der Waals surface area (Å²) in [5.41, 5.74) is 1.73. The Bertz CT molecular complexity index is 1000. The van der Waals surface area contributed by atoms with Gasteiger partial charge in [-0.3, -0.25) is 4.72 Å². The molecule has 0 unspecified atom stereocenters. The summed E-state index contributed by atoms with van der Waals surface area (Å²) in [6.07, 6.45) is 0. The van der Waals surface area contributed by atoms with Crippen molar-refractivity contribution < 1.29 is 17.2 Å². The van der Waals surface area contributed by atoms with E-state index in [-0.39, 0.29) is 5.69 Å². The predicted molar refractivity (Wildman–Crippen MR) is 89.5 cm³/mol. The normalized spacial score (nSPS) is 11.5. The van der Waals surface area contributed by atoms with Crippen LogP contribution in [0.1, 0.15) is 5.01 Å². The molecule has 3 rings (SSSR count). The first-order chi connectivity index (χ1) is 11.3. The Hall–Kier alpha value is -2.32. The largest absolute Gasteiger partial charge is 0.280 e. The van der Waals surface area contributed by atoms with Gasteiger partial charge in [-0.1, -0.05) is 12.1 Å². The highest BCUT2D eigenvalue weighted by molar-refractivity contribution is 7.92. The van der Waals surface area contributed by atoms with Crippen molar-refractivity contribution >= 4 is 27.0 Å². The number of hydrogen-bond donors (Lipinski definition) is 1. The van der Waals surface area contributed by atoms with Crippen LogP contribution in [-0.2, 0) is 10.0 Å². The van der Waals surface area contributed by atoms with Crippen LogP contribution in [0.4, 0.5) is 14.5 Å². The first kappa shape index (κ1) is 16.5. The van der Waals surface area contributed by atoms with Crippen LogP contribution in [0.15, 0.2) is 52.7 Å². The van der Waals surface area contributed by atoms with E-state index in [1.165, 1.54) is 11.3 Å². The van der Waals surface area contributed by atoms with E-state index in [1.807, 2.05) is 12.3 Å². The van der Waals surface area contributed by atoms with E-state index in [0.717, 1.165) is 28.4 Å². The van der Waals surface area contributed by atoms with Gasteiger partial charge in [0.05, 0.1) is 10.7 Å². The van der Waals surface area contributed by atoms with Crippen LogP contribution in [0.3, 0.4) is 0 Å². The van der Waals surface area contributed by atoms with Crippen molar-refractivity contribution in [3.8, 4) is 11.3 Å². The smallest absolute Gasteiger partial charge is 0.264 e. The van der Waals surface area contributed by atoms with Gasteiger partial charge in [0, 0.05) is 22.7 Å². The Morgan fingerprint density at radius 1 is 1.12 bits per heavy atom. The molecule has 3 aromatic rings.